The SMILES string of the molecule is Cc1cccc(OCCCN2C(=O)COc3ccc(NC(=O)c4ccc(Cl)cc4)cc32)c1. The Balaban J connectivity index is 1.42. The highest BCUT2D eigenvalue weighted by molar-refractivity contribution is 6.30. The molecule has 3 aromatic rings. The highest BCUT2D eigenvalue weighted by Gasteiger charge is 2.25. The average Bonchev–Trinajstić information content (AvgIpc) is 2.78. The van der Waals surface area contributed by atoms with E-state index >= 15 is 0 Å². The molecule has 32 heavy (non-hydrogen) atoms. The average molecular weight is 451 g/mol. The fourth-order valence-electron chi connectivity index (χ4n) is 3.45. The molecule has 2 amide bonds. The summed E-state index contributed by atoms with van der Waals surface area (Å²) < 4.78 is 11.4. The third kappa shape index (κ3) is 5.21. The van der Waals surface area contributed by atoms with Crippen LogP contribution >= 0.6 is 11.6 Å². The monoisotopic (exact) mass is 450 g/mol. The number of benzene rings is 3. The zero-order chi connectivity index (χ0) is 22.5. The molecule has 0 bridgehead atoms. The second kappa shape index (κ2) is 9.75. The van der Waals surface area contributed by atoms with E-state index in [2.05, 4.69) is 5.32 Å². The topological polar surface area (TPSA) is 67.9 Å². The van der Waals surface area contributed by atoms with Gasteiger partial charge in [-0.15, -0.1) is 0 Å². The number of nitrogens with one attached hydrogen (secondary N) is 1. The number of anilines is 2. The van der Waals surface area contributed by atoms with Gasteiger partial charge in [0.15, 0.2) is 6.61 Å². The van der Waals surface area contributed by atoms with E-state index in [1.165, 1.54) is 0 Å². The van der Waals surface area contributed by atoms with Crippen molar-refractivity contribution in [3.63, 3.8) is 0 Å². The predicted molar refractivity (Wildman–Crippen MR) is 125 cm³/mol. The lowest BCUT2D eigenvalue weighted by Gasteiger charge is -2.30. The summed E-state index contributed by atoms with van der Waals surface area (Å²) in [5, 5.41) is 3.42. The van der Waals surface area contributed by atoms with Crippen LogP contribution in [0, 0.1) is 6.92 Å². The largest absolute Gasteiger partial charge is 0.494 e. The molecule has 1 aliphatic rings. The molecule has 0 saturated carbocycles. The number of halogens is 1. The first-order valence-electron chi connectivity index (χ1n) is 10.3. The minimum absolute atomic E-state index is 0.0117. The summed E-state index contributed by atoms with van der Waals surface area (Å²) in [6, 6.07) is 19.8. The van der Waals surface area contributed by atoms with E-state index in [-0.39, 0.29) is 18.4 Å². The first kappa shape index (κ1) is 21.7. The third-order valence-electron chi connectivity index (χ3n) is 5.05. The van der Waals surface area contributed by atoms with Crippen molar-refractivity contribution in [3.05, 3.63) is 82.9 Å². The Hall–Kier alpha value is -3.51. The number of aryl methyl sites for hydroxylation is 1. The molecule has 4 rings (SSSR count). The zero-order valence-corrected chi connectivity index (χ0v) is 18.4. The van der Waals surface area contributed by atoms with Gasteiger partial charge in [-0.2, -0.15) is 0 Å². The predicted octanol–water partition coefficient (Wildman–Crippen LogP) is 5.10. The molecule has 0 spiro atoms. The Kier molecular flexibility index (Phi) is 6.61. The van der Waals surface area contributed by atoms with Crippen LogP contribution in [0.1, 0.15) is 22.3 Å². The van der Waals surface area contributed by atoms with Gasteiger partial charge in [0.25, 0.3) is 11.8 Å². The number of carbonyl (C=O) groups is 2. The molecule has 0 saturated heterocycles. The summed E-state index contributed by atoms with van der Waals surface area (Å²) in [6.07, 6.45) is 0.653. The summed E-state index contributed by atoms with van der Waals surface area (Å²) in [5.74, 6) is 1.02. The molecule has 0 aromatic heterocycles. The number of carbonyl (C=O) groups excluding carboxylic acids is 2. The molecule has 7 heteroatoms. The summed E-state index contributed by atoms with van der Waals surface area (Å²) in [5.41, 5.74) is 2.83. The number of amides is 2. The van der Waals surface area contributed by atoms with Crippen LogP contribution in [0.4, 0.5) is 11.4 Å². The highest BCUT2D eigenvalue weighted by atomic mass is 35.5. The zero-order valence-electron chi connectivity index (χ0n) is 17.6. The van der Waals surface area contributed by atoms with Crippen LogP contribution in [0.2, 0.25) is 5.02 Å². The van der Waals surface area contributed by atoms with Crippen molar-refractivity contribution in [2.75, 3.05) is 30.0 Å². The molecule has 1 N–H and O–H groups in total. The quantitative estimate of drug-likeness (QED) is 0.509. The first-order valence-corrected chi connectivity index (χ1v) is 10.7. The van der Waals surface area contributed by atoms with Gasteiger partial charge in [-0.05, 0) is 73.5 Å². The van der Waals surface area contributed by atoms with Crippen molar-refractivity contribution in [2.24, 2.45) is 0 Å². The molecular formula is C25H23ClN2O4. The lowest BCUT2D eigenvalue weighted by Crippen LogP contribution is -2.39. The minimum atomic E-state index is -0.261. The molecule has 6 nitrogen and oxygen atoms in total. The van der Waals surface area contributed by atoms with Gasteiger partial charge in [0.2, 0.25) is 0 Å². The van der Waals surface area contributed by atoms with Crippen LogP contribution < -0.4 is 19.7 Å². The van der Waals surface area contributed by atoms with Gasteiger partial charge >= 0.3 is 0 Å². The maximum atomic E-state index is 12.5. The van der Waals surface area contributed by atoms with Gasteiger partial charge in [0, 0.05) is 22.8 Å². The van der Waals surface area contributed by atoms with E-state index in [4.69, 9.17) is 21.1 Å². The number of hydrogen-bond acceptors (Lipinski definition) is 4. The van der Waals surface area contributed by atoms with E-state index in [1.807, 2.05) is 31.2 Å². The molecular weight excluding hydrogens is 428 g/mol. The maximum absolute atomic E-state index is 12.5. The fourth-order valence-corrected chi connectivity index (χ4v) is 3.57. The van der Waals surface area contributed by atoms with Crippen LogP contribution in [0.25, 0.3) is 0 Å². The molecule has 164 valence electrons. The van der Waals surface area contributed by atoms with Crippen molar-refractivity contribution >= 4 is 34.8 Å². The van der Waals surface area contributed by atoms with Crippen LogP contribution in [0.15, 0.2) is 66.7 Å². The Morgan fingerprint density at radius 2 is 1.94 bits per heavy atom. The number of nitrogens with zero attached hydrogens (tertiary/aromatic N) is 1. The van der Waals surface area contributed by atoms with Gasteiger partial charge in [-0.3, -0.25) is 9.59 Å². The summed E-state index contributed by atoms with van der Waals surface area (Å²) in [7, 11) is 0. The molecule has 0 unspecified atom stereocenters. The second-order valence-corrected chi connectivity index (χ2v) is 7.93. The Morgan fingerprint density at radius 3 is 2.72 bits per heavy atom. The number of fused-ring (bicyclic) bond motifs is 1. The van der Waals surface area contributed by atoms with Crippen molar-refractivity contribution < 1.29 is 19.1 Å². The molecule has 3 aromatic carbocycles. The molecule has 1 heterocycles. The van der Waals surface area contributed by atoms with Crippen molar-refractivity contribution in [1.29, 1.82) is 0 Å². The summed E-state index contributed by atoms with van der Waals surface area (Å²) in [4.78, 5) is 26.7. The maximum Gasteiger partial charge on any atom is 0.265 e. The van der Waals surface area contributed by atoms with E-state index in [1.54, 1.807) is 47.4 Å². The van der Waals surface area contributed by atoms with Gasteiger partial charge in [0.1, 0.15) is 11.5 Å². The number of rotatable bonds is 7. The second-order valence-electron chi connectivity index (χ2n) is 7.50. The Morgan fingerprint density at radius 1 is 1.12 bits per heavy atom. The molecule has 0 radical (unpaired) electrons. The van der Waals surface area contributed by atoms with E-state index in [0.717, 1.165) is 11.3 Å². The lowest BCUT2D eigenvalue weighted by molar-refractivity contribution is -0.121. The summed E-state index contributed by atoms with van der Waals surface area (Å²) >= 11 is 5.89. The van der Waals surface area contributed by atoms with Gasteiger partial charge in [-0.25, -0.2) is 0 Å². The normalized spacial score (nSPS) is 12.7. The van der Waals surface area contributed by atoms with E-state index < -0.39 is 0 Å². The molecule has 0 fully saturated rings. The number of hydrogen-bond donors (Lipinski definition) is 1. The number of ether oxygens (including phenoxy) is 2. The summed E-state index contributed by atoms with van der Waals surface area (Å²) in [6.45, 7) is 2.97. The van der Waals surface area contributed by atoms with Crippen molar-refractivity contribution in [3.8, 4) is 11.5 Å². The van der Waals surface area contributed by atoms with Crippen molar-refractivity contribution in [2.45, 2.75) is 13.3 Å². The van der Waals surface area contributed by atoms with E-state index in [0.29, 0.717) is 47.3 Å². The van der Waals surface area contributed by atoms with Gasteiger partial charge in [0.05, 0.1) is 12.3 Å². The first-order chi connectivity index (χ1) is 15.5. The fraction of sp³-hybridized carbons (Fsp3) is 0.200. The Labute approximate surface area is 191 Å². The minimum Gasteiger partial charge on any atom is -0.494 e. The smallest absolute Gasteiger partial charge is 0.265 e. The highest BCUT2D eigenvalue weighted by Crippen LogP contribution is 2.35. The molecule has 0 aliphatic carbocycles. The third-order valence-corrected chi connectivity index (χ3v) is 5.30. The van der Waals surface area contributed by atoms with Crippen LogP contribution in [-0.4, -0.2) is 31.6 Å². The standard InChI is InChI=1S/C25H23ClN2O4/c1-17-4-2-5-21(14-17)31-13-3-12-28-22-15-20(10-11-23(22)32-16-24(28)29)27-25(30)18-6-8-19(26)9-7-18/h2,4-11,14-15H,3,12-13,16H2,1H3,(H,27,30). The van der Waals surface area contributed by atoms with E-state index in [9.17, 15) is 9.59 Å². The van der Waals surface area contributed by atoms with Crippen molar-refractivity contribution in [1.82, 2.24) is 0 Å². The lowest BCUT2D eigenvalue weighted by atomic mass is 10.1. The molecule has 0 atom stereocenters. The molecule has 1 aliphatic heterocycles. The Bertz CT molecular complexity index is 1130. The van der Waals surface area contributed by atoms with Crippen LogP contribution in [0.3, 0.4) is 0 Å². The van der Waals surface area contributed by atoms with Crippen LogP contribution in [-0.2, 0) is 4.79 Å². The van der Waals surface area contributed by atoms with Gasteiger partial charge < -0.3 is 19.7 Å². The van der Waals surface area contributed by atoms with Gasteiger partial charge in [-0.1, -0.05) is 23.7 Å². The van der Waals surface area contributed by atoms with Crippen LogP contribution in [0.5, 0.6) is 11.5 Å².